The Kier molecular flexibility index (Phi) is 11.5. The normalized spacial score (nSPS) is 10.4. The van der Waals surface area contributed by atoms with Crippen LogP contribution in [0.5, 0.6) is 0 Å². The molecule has 0 saturated heterocycles. The fraction of sp³-hybridized carbons (Fsp3) is 1.00. The summed E-state index contributed by atoms with van der Waals surface area (Å²) in [6.45, 7) is 7.43. The van der Waals surface area contributed by atoms with Gasteiger partial charge in [-0.05, 0) is 27.7 Å². The van der Waals surface area contributed by atoms with Crippen molar-refractivity contribution < 1.29 is 28.0 Å². The van der Waals surface area contributed by atoms with Crippen LogP contribution < -0.4 is 0 Å². The zero-order chi connectivity index (χ0) is 11.7. The highest BCUT2D eigenvalue weighted by atomic mass is 31.2. The standard InChI is InChI=1S/C6H15O3P.HO3P/c1-5(2)8-10(7)9-6(3)4;1-4(2)3/h5-7H,1-4H3;(H,1,2,3). The molecule has 0 amide bonds. The van der Waals surface area contributed by atoms with Gasteiger partial charge in [-0.25, -0.2) is 9.13 Å². The zero-order valence-corrected chi connectivity index (χ0v) is 10.4. The van der Waals surface area contributed by atoms with Gasteiger partial charge in [0.2, 0.25) is 0 Å². The first-order chi connectivity index (χ1) is 6.25. The van der Waals surface area contributed by atoms with Crippen LogP contribution in [0.1, 0.15) is 27.7 Å². The molecule has 0 aliphatic heterocycles. The van der Waals surface area contributed by atoms with Crippen molar-refractivity contribution in [3.63, 3.8) is 0 Å². The predicted molar refractivity (Wildman–Crippen MR) is 52.1 cm³/mol. The first-order valence-electron chi connectivity index (χ1n) is 3.91. The first kappa shape index (κ1) is 16.6. The van der Waals surface area contributed by atoms with Crippen molar-refractivity contribution in [1.29, 1.82) is 0 Å². The Balaban J connectivity index is 0. The van der Waals surface area contributed by atoms with Crippen LogP contribution in [0.25, 0.3) is 0 Å². The minimum atomic E-state index is -3.12. The second kappa shape index (κ2) is 9.71. The lowest BCUT2D eigenvalue weighted by Crippen LogP contribution is -2.03. The van der Waals surface area contributed by atoms with Crippen molar-refractivity contribution in [2.75, 3.05) is 0 Å². The van der Waals surface area contributed by atoms with Gasteiger partial charge in [-0.2, -0.15) is 0 Å². The van der Waals surface area contributed by atoms with Crippen molar-refractivity contribution in [2.45, 2.75) is 39.9 Å². The van der Waals surface area contributed by atoms with Gasteiger partial charge >= 0.3 is 16.5 Å². The minimum absolute atomic E-state index is 0.0230. The van der Waals surface area contributed by atoms with E-state index in [4.69, 9.17) is 28.0 Å². The van der Waals surface area contributed by atoms with Crippen LogP contribution in [-0.2, 0) is 18.2 Å². The summed E-state index contributed by atoms with van der Waals surface area (Å²) in [5.74, 6) is 0. The smallest absolute Gasteiger partial charge is 0.328 e. The summed E-state index contributed by atoms with van der Waals surface area (Å²) < 4.78 is 27.1. The Labute approximate surface area is 85.1 Å². The molecule has 0 aromatic rings. The number of rotatable bonds is 4. The maximum atomic E-state index is 9.01. The van der Waals surface area contributed by atoms with E-state index in [1.165, 1.54) is 0 Å². The van der Waals surface area contributed by atoms with Crippen LogP contribution in [0.15, 0.2) is 0 Å². The molecule has 0 atom stereocenters. The largest absolute Gasteiger partial charge is 0.465 e. The fourth-order valence-electron chi connectivity index (χ4n) is 0.386. The Morgan fingerprint density at radius 3 is 1.29 bits per heavy atom. The van der Waals surface area contributed by atoms with Gasteiger partial charge < -0.3 is 13.9 Å². The average Bonchev–Trinajstić information content (AvgIpc) is 1.79. The highest BCUT2D eigenvalue weighted by Gasteiger charge is 2.10. The van der Waals surface area contributed by atoms with E-state index in [0.717, 1.165) is 0 Å². The summed E-state index contributed by atoms with van der Waals surface area (Å²) in [4.78, 5) is 16.0. The molecule has 0 rings (SSSR count). The molecule has 0 heterocycles. The summed E-state index contributed by atoms with van der Waals surface area (Å²) in [5.41, 5.74) is 0. The summed E-state index contributed by atoms with van der Waals surface area (Å²) >= 11 is 0. The summed E-state index contributed by atoms with van der Waals surface area (Å²) in [5, 5.41) is 0. The molecule has 0 bridgehead atoms. The molecule has 0 aromatic heterocycles. The molecule has 0 aliphatic rings. The zero-order valence-electron chi connectivity index (χ0n) is 8.58. The van der Waals surface area contributed by atoms with E-state index in [2.05, 4.69) is 0 Å². The van der Waals surface area contributed by atoms with Gasteiger partial charge in [-0.3, -0.25) is 4.89 Å². The molecule has 86 valence electrons. The third-order valence-electron chi connectivity index (χ3n) is 0.602. The first-order valence-corrected chi connectivity index (χ1v) is 6.17. The van der Waals surface area contributed by atoms with Gasteiger partial charge in [0.1, 0.15) is 0 Å². The summed E-state index contributed by atoms with van der Waals surface area (Å²) in [7, 11) is -4.78. The van der Waals surface area contributed by atoms with Crippen molar-refractivity contribution >= 4 is 16.5 Å². The van der Waals surface area contributed by atoms with Gasteiger partial charge in [0, 0.05) is 0 Å². The van der Waals surface area contributed by atoms with Crippen LogP contribution in [0.2, 0.25) is 0 Å². The molecule has 6 nitrogen and oxygen atoms in total. The average molecular weight is 246 g/mol. The van der Waals surface area contributed by atoms with E-state index in [0.29, 0.717) is 0 Å². The molecule has 0 spiro atoms. The Morgan fingerprint density at radius 1 is 0.929 bits per heavy atom. The van der Waals surface area contributed by atoms with Gasteiger partial charge in [0.15, 0.2) is 0 Å². The van der Waals surface area contributed by atoms with E-state index in [9.17, 15) is 0 Å². The molecule has 0 aromatic carbocycles. The van der Waals surface area contributed by atoms with Crippen molar-refractivity contribution in [3.8, 4) is 0 Å². The van der Waals surface area contributed by atoms with Gasteiger partial charge in [0.25, 0.3) is 0 Å². The molecule has 0 aliphatic carbocycles. The highest BCUT2D eigenvalue weighted by Crippen LogP contribution is 2.35. The number of hydrogen-bond acceptors (Lipinski definition) is 5. The summed E-state index contributed by atoms with van der Waals surface area (Å²) in [6.07, 6.45) is 0.0460. The van der Waals surface area contributed by atoms with Gasteiger partial charge in [0.05, 0.1) is 12.2 Å². The second-order valence-electron chi connectivity index (χ2n) is 2.78. The van der Waals surface area contributed by atoms with E-state index in [1.54, 1.807) is 0 Å². The third kappa shape index (κ3) is 22.7. The van der Waals surface area contributed by atoms with E-state index < -0.39 is 16.5 Å². The van der Waals surface area contributed by atoms with Crippen LogP contribution in [0, 0.1) is 0 Å². The summed E-state index contributed by atoms with van der Waals surface area (Å²) in [6, 6.07) is 0. The Bertz CT molecular complexity index is 173. The predicted octanol–water partition coefficient (Wildman–Crippen LogP) is 2.12. The lowest BCUT2D eigenvalue weighted by molar-refractivity contribution is 0.139. The quantitative estimate of drug-likeness (QED) is 0.738. The minimum Gasteiger partial charge on any atom is -0.328 e. The molecule has 2 N–H and O–H groups in total. The lowest BCUT2D eigenvalue weighted by atomic mass is 10.5. The lowest BCUT2D eigenvalue weighted by Gasteiger charge is -2.14. The SMILES string of the molecule is CC(C)OP(O)OC(C)C.O=P(=O)O. The van der Waals surface area contributed by atoms with Gasteiger partial charge in [-0.1, -0.05) is 0 Å². The highest BCUT2D eigenvalue weighted by molar-refractivity contribution is 7.40. The third-order valence-corrected chi connectivity index (χ3v) is 1.81. The van der Waals surface area contributed by atoms with E-state index in [1.807, 2.05) is 27.7 Å². The molecule has 0 saturated carbocycles. The maximum absolute atomic E-state index is 9.01. The van der Waals surface area contributed by atoms with Crippen LogP contribution >= 0.6 is 16.5 Å². The van der Waals surface area contributed by atoms with Crippen LogP contribution in [0.4, 0.5) is 0 Å². The molecule has 8 heteroatoms. The van der Waals surface area contributed by atoms with Crippen molar-refractivity contribution in [1.82, 2.24) is 0 Å². The molecule has 0 fully saturated rings. The Hall–Kier alpha value is 0.170. The number of hydrogen-bond donors (Lipinski definition) is 2. The van der Waals surface area contributed by atoms with Crippen molar-refractivity contribution in [3.05, 3.63) is 0 Å². The maximum Gasteiger partial charge on any atom is 0.465 e. The van der Waals surface area contributed by atoms with Crippen LogP contribution in [-0.4, -0.2) is 22.0 Å². The van der Waals surface area contributed by atoms with Gasteiger partial charge in [-0.15, -0.1) is 0 Å². The van der Waals surface area contributed by atoms with Crippen LogP contribution in [0.3, 0.4) is 0 Å². The molecular weight excluding hydrogens is 230 g/mol. The topological polar surface area (TPSA) is 93.1 Å². The second-order valence-corrected chi connectivity index (χ2v) is 4.16. The van der Waals surface area contributed by atoms with Crippen molar-refractivity contribution in [2.24, 2.45) is 0 Å². The van der Waals surface area contributed by atoms with E-state index in [-0.39, 0.29) is 12.2 Å². The Morgan fingerprint density at radius 2 is 1.14 bits per heavy atom. The fourth-order valence-corrected chi connectivity index (χ4v) is 1.16. The molecule has 0 unspecified atom stereocenters. The molecule has 14 heavy (non-hydrogen) atoms. The molecular formula is C6H16O6P2. The monoisotopic (exact) mass is 246 g/mol. The van der Waals surface area contributed by atoms with E-state index >= 15 is 0 Å². The molecule has 0 radical (unpaired) electrons.